The average Bonchev–Trinajstić information content (AvgIpc) is 2.78. The summed E-state index contributed by atoms with van der Waals surface area (Å²) in [6.45, 7) is 4.56. The SMILES string of the molecule is COCC1CCCN(Cc2cc(CN)co2)C1. The molecular weight excluding hydrogens is 216 g/mol. The summed E-state index contributed by atoms with van der Waals surface area (Å²) in [6.07, 6.45) is 4.28. The number of hydrogen-bond donors (Lipinski definition) is 1. The molecule has 0 radical (unpaired) electrons. The third-order valence-corrected chi connectivity index (χ3v) is 3.33. The number of ether oxygens (including phenoxy) is 1. The highest BCUT2D eigenvalue weighted by Crippen LogP contribution is 2.19. The molecule has 1 saturated heterocycles. The standard InChI is InChI=1S/C13H22N2O2/c1-16-9-11-3-2-4-15(7-11)8-13-5-12(6-14)10-17-13/h5,10-11H,2-4,6-9,14H2,1H3. The van der Waals surface area contributed by atoms with Crippen molar-refractivity contribution in [3.8, 4) is 0 Å². The average molecular weight is 238 g/mol. The number of likely N-dealkylation sites (tertiary alicyclic amines) is 1. The molecule has 0 bridgehead atoms. The zero-order chi connectivity index (χ0) is 12.1. The predicted molar refractivity (Wildman–Crippen MR) is 66.5 cm³/mol. The summed E-state index contributed by atoms with van der Waals surface area (Å²) in [4.78, 5) is 2.44. The molecule has 1 atom stereocenters. The Bertz CT molecular complexity index is 336. The fourth-order valence-corrected chi connectivity index (χ4v) is 2.50. The van der Waals surface area contributed by atoms with Crippen LogP contribution in [0.25, 0.3) is 0 Å². The van der Waals surface area contributed by atoms with E-state index in [2.05, 4.69) is 11.0 Å². The van der Waals surface area contributed by atoms with Crippen LogP contribution in [0.1, 0.15) is 24.2 Å². The van der Waals surface area contributed by atoms with Crippen LogP contribution in [-0.4, -0.2) is 31.7 Å². The van der Waals surface area contributed by atoms with Gasteiger partial charge < -0.3 is 14.9 Å². The molecule has 4 nitrogen and oxygen atoms in total. The molecule has 0 aliphatic carbocycles. The largest absolute Gasteiger partial charge is 0.468 e. The molecule has 1 aromatic heterocycles. The Labute approximate surface area is 103 Å². The molecule has 0 spiro atoms. The van der Waals surface area contributed by atoms with Gasteiger partial charge in [-0.1, -0.05) is 0 Å². The molecule has 96 valence electrons. The Morgan fingerprint density at radius 3 is 3.18 bits per heavy atom. The van der Waals surface area contributed by atoms with Crippen molar-refractivity contribution in [3.05, 3.63) is 23.7 Å². The highest BCUT2D eigenvalue weighted by molar-refractivity contribution is 5.12. The van der Waals surface area contributed by atoms with Crippen LogP contribution in [0.15, 0.2) is 16.7 Å². The van der Waals surface area contributed by atoms with Crippen molar-refractivity contribution in [2.24, 2.45) is 11.7 Å². The number of rotatable bonds is 5. The first-order chi connectivity index (χ1) is 8.31. The number of nitrogens with zero attached hydrogens (tertiary/aromatic N) is 1. The van der Waals surface area contributed by atoms with Gasteiger partial charge in [0.2, 0.25) is 0 Å². The molecule has 0 aromatic carbocycles. The van der Waals surface area contributed by atoms with Gasteiger partial charge in [-0.05, 0) is 31.4 Å². The summed E-state index contributed by atoms with van der Waals surface area (Å²) in [5.74, 6) is 1.68. The highest BCUT2D eigenvalue weighted by atomic mass is 16.5. The molecule has 1 aliphatic heterocycles. The molecule has 4 heteroatoms. The van der Waals surface area contributed by atoms with Gasteiger partial charge in [-0.2, -0.15) is 0 Å². The van der Waals surface area contributed by atoms with E-state index < -0.39 is 0 Å². The molecule has 1 aliphatic rings. The van der Waals surface area contributed by atoms with Crippen molar-refractivity contribution in [2.45, 2.75) is 25.9 Å². The van der Waals surface area contributed by atoms with E-state index >= 15 is 0 Å². The Kier molecular flexibility index (Phi) is 4.59. The topological polar surface area (TPSA) is 51.6 Å². The molecule has 2 N–H and O–H groups in total. The lowest BCUT2D eigenvalue weighted by atomic mass is 9.99. The number of nitrogens with two attached hydrogens (primary N) is 1. The van der Waals surface area contributed by atoms with Gasteiger partial charge >= 0.3 is 0 Å². The monoisotopic (exact) mass is 238 g/mol. The van der Waals surface area contributed by atoms with Crippen molar-refractivity contribution in [1.29, 1.82) is 0 Å². The first-order valence-corrected chi connectivity index (χ1v) is 6.29. The lowest BCUT2D eigenvalue weighted by molar-refractivity contribution is 0.0840. The van der Waals surface area contributed by atoms with E-state index in [1.54, 1.807) is 13.4 Å². The molecular formula is C13H22N2O2. The quantitative estimate of drug-likeness (QED) is 0.846. The van der Waals surface area contributed by atoms with Gasteiger partial charge in [-0.25, -0.2) is 0 Å². The van der Waals surface area contributed by atoms with Crippen LogP contribution in [-0.2, 0) is 17.8 Å². The van der Waals surface area contributed by atoms with Crippen LogP contribution in [0.5, 0.6) is 0 Å². The Balaban J connectivity index is 1.85. The van der Waals surface area contributed by atoms with Crippen LogP contribution in [0.4, 0.5) is 0 Å². The maximum Gasteiger partial charge on any atom is 0.118 e. The fraction of sp³-hybridized carbons (Fsp3) is 0.692. The van der Waals surface area contributed by atoms with E-state index in [4.69, 9.17) is 14.9 Å². The van der Waals surface area contributed by atoms with Crippen molar-refractivity contribution in [3.63, 3.8) is 0 Å². The summed E-state index contributed by atoms with van der Waals surface area (Å²) < 4.78 is 10.7. The fourth-order valence-electron chi connectivity index (χ4n) is 2.50. The predicted octanol–water partition coefficient (Wildman–Crippen LogP) is 1.60. The van der Waals surface area contributed by atoms with Crippen LogP contribution >= 0.6 is 0 Å². The minimum absolute atomic E-state index is 0.551. The Hall–Kier alpha value is -0.840. The first kappa shape index (κ1) is 12.6. The van der Waals surface area contributed by atoms with Gasteiger partial charge in [0.15, 0.2) is 0 Å². The molecule has 1 fully saturated rings. The van der Waals surface area contributed by atoms with E-state index in [-0.39, 0.29) is 0 Å². The summed E-state index contributed by atoms with van der Waals surface area (Å²) in [6, 6.07) is 2.06. The maximum atomic E-state index is 5.57. The molecule has 1 aromatic rings. The summed E-state index contributed by atoms with van der Waals surface area (Å²) in [5, 5.41) is 0. The van der Waals surface area contributed by atoms with Crippen LogP contribution in [0, 0.1) is 5.92 Å². The van der Waals surface area contributed by atoms with Crippen molar-refractivity contribution in [2.75, 3.05) is 26.8 Å². The molecule has 2 heterocycles. The zero-order valence-corrected chi connectivity index (χ0v) is 10.5. The summed E-state index contributed by atoms with van der Waals surface area (Å²) in [7, 11) is 1.78. The summed E-state index contributed by atoms with van der Waals surface area (Å²) >= 11 is 0. The van der Waals surface area contributed by atoms with E-state index in [1.807, 2.05) is 0 Å². The van der Waals surface area contributed by atoms with Crippen molar-refractivity contribution in [1.82, 2.24) is 4.90 Å². The molecule has 17 heavy (non-hydrogen) atoms. The zero-order valence-electron chi connectivity index (χ0n) is 10.5. The van der Waals surface area contributed by atoms with Crippen LogP contribution < -0.4 is 5.73 Å². The molecule has 2 rings (SSSR count). The molecule has 0 saturated carbocycles. The van der Waals surface area contributed by atoms with Gasteiger partial charge in [-0.3, -0.25) is 4.90 Å². The maximum absolute atomic E-state index is 5.57. The number of hydrogen-bond acceptors (Lipinski definition) is 4. The van der Waals surface area contributed by atoms with Gasteiger partial charge in [0.05, 0.1) is 19.4 Å². The van der Waals surface area contributed by atoms with E-state index in [9.17, 15) is 0 Å². The smallest absolute Gasteiger partial charge is 0.118 e. The minimum Gasteiger partial charge on any atom is -0.468 e. The second kappa shape index (κ2) is 6.19. The highest BCUT2D eigenvalue weighted by Gasteiger charge is 2.20. The number of methoxy groups -OCH3 is 1. The minimum atomic E-state index is 0.551. The second-order valence-corrected chi connectivity index (χ2v) is 4.82. The van der Waals surface area contributed by atoms with Crippen molar-refractivity contribution >= 4 is 0 Å². The third-order valence-electron chi connectivity index (χ3n) is 3.33. The van der Waals surface area contributed by atoms with Gasteiger partial charge in [0, 0.05) is 25.8 Å². The Morgan fingerprint density at radius 1 is 1.59 bits per heavy atom. The van der Waals surface area contributed by atoms with Gasteiger partial charge in [0.25, 0.3) is 0 Å². The number of furan rings is 1. The van der Waals surface area contributed by atoms with Crippen LogP contribution in [0.2, 0.25) is 0 Å². The van der Waals surface area contributed by atoms with E-state index in [0.29, 0.717) is 12.5 Å². The third kappa shape index (κ3) is 3.56. The van der Waals surface area contributed by atoms with Crippen LogP contribution in [0.3, 0.4) is 0 Å². The number of piperidine rings is 1. The molecule has 1 unspecified atom stereocenters. The van der Waals surface area contributed by atoms with E-state index in [0.717, 1.165) is 37.6 Å². The molecule has 0 amide bonds. The van der Waals surface area contributed by atoms with Gasteiger partial charge in [-0.15, -0.1) is 0 Å². The normalized spacial score (nSPS) is 21.9. The first-order valence-electron chi connectivity index (χ1n) is 6.29. The van der Waals surface area contributed by atoms with E-state index in [1.165, 1.54) is 12.8 Å². The summed E-state index contributed by atoms with van der Waals surface area (Å²) in [5.41, 5.74) is 6.64. The second-order valence-electron chi connectivity index (χ2n) is 4.82. The Morgan fingerprint density at radius 2 is 2.47 bits per heavy atom. The van der Waals surface area contributed by atoms with Gasteiger partial charge in [0.1, 0.15) is 5.76 Å². The lowest BCUT2D eigenvalue weighted by Gasteiger charge is -2.31. The lowest BCUT2D eigenvalue weighted by Crippen LogP contribution is -2.36. The van der Waals surface area contributed by atoms with Crippen molar-refractivity contribution < 1.29 is 9.15 Å².